The number of hydrogen-bond acceptors (Lipinski definition) is 5. The Hall–Kier alpha value is -2.70. The third-order valence-corrected chi connectivity index (χ3v) is 4.45. The molecule has 0 N–H and O–H groups in total. The van der Waals surface area contributed by atoms with E-state index in [1.165, 1.54) is 4.68 Å². The van der Waals surface area contributed by atoms with Crippen LogP contribution >= 0.6 is 0 Å². The van der Waals surface area contributed by atoms with Gasteiger partial charge in [-0.25, -0.2) is 9.48 Å². The molecule has 30 heavy (non-hydrogen) atoms. The Morgan fingerprint density at radius 1 is 0.967 bits per heavy atom. The minimum Gasteiger partial charge on any atom is -0.451 e. The van der Waals surface area contributed by atoms with Gasteiger partial charge in [-0.05, 0) is 23.8 Å². The summed E-state index contributed by atoms with van der Waals surface area (Å²) in [6, 6.07) is 6.83. The lowest BCUT2D eigenvalue weighted by atomic mass is 10.1. The van der Waals surface area contributed by atoms with Gasteiger partial charge in [0.25, 0.3) is 11.5 Å². The van der Waals surface area contributed by atoms with Crippen LogP contribution in [0.4, 0.5) is 0 Å². The highest BCUT2D eigenvalue weighted by Gasteiger charge is 2.22. The van der Waals surface area contributed by atoms with E-state index in [1.54, 1.807) is 29.2 Å². The van der Waals surface area contributed by atoms with E-state index in [0.717, 1.165) is 0 Å². The third kappa shape index (κ3) is 6.15. The van der Waals surface area contributed by atoms with Crippen molar-refractivity contribution in [3.05, 3.63) is 40.3 Å². The topological polar surface area (TPSA) is 81.5 Å². The highest BCUT2D eigenvalue weighted by Crippen LogP contribution is 2.15. The van der Waals surface area contributed by atoms with Gasteiger partial charge < -0.3 is 9.64 Å². The van der Waals surface area contributed by atoms with Gasteiger partial charge >= 0.3 is 5.97 Å². The Kier molecular flexibility index (Phi) is 8.15. The molecule has 1 amide bonds. The van der Waals surface area contributed by atoms with Crippen molar-refractivity contribution in [3.63, 3.8) is 0 Å². The number of rotatable bonds is 9. The molecule has 164 valence electrons. The summed E-state index contributed by atoms with van der Waals surface area (Å²) in [5.41, 5.74) is -0.190. The molecule has 0 saturated carbocycles. The fraction of sp³-hybridized carbons (Fsp3) is 0.565. The molecule has 0 saturated heterocycles. The summed E-state index contributed by atoms with van der Waals surface area (Å²) in [4.78, 5) is 39.9. The second-order valence-electron chi connectivity index (χ2n) is 8.94. The molecule has 0 unspecified atom stereocenters. The number of fused-ring (bicyclic) bond motifs is 1. The highest BCUT2D eigenvalue weighted by molar-refractivity contribution is 6.02. The van der Waals surface area contributed by atoms with Crippen molar-refractivity contribution in [2.24, 2.45) is 17.8 Å². The zero-order chi connectivity index (χ0) is 22.4. The summed E-state index contributed by atoms with van der Waals surface area (Å²) in [5.74, 6) is -0.124. The molecule has 0 aliphatic carbocycles. The first kappa shape index (κ1) is 23.6. The summed E-state index contributed by atoms with van der Waals surface area (Å²) in [7, 11) is 0. The lowest BCUT2D eigenvalue weighted by Crippen LogP contribution is -2.39. The van der Waals surface area contributed by atoms with Crippen molar-refractivity contribution in [1.82, 2.24) is 14.7 Å². The minimum atomic E-state index is -0.703. The summed E-state index contributed by atoms with van der Waals surface area (Å²) in [6.07, 6.45) is 0. The number of ether oxygens (including phenoxy) is 1. The molecule has 7 heteroatoms. The maximum atomic E-state index is 12.8. The van der Waals surface area contributed by atoms with E-state index in [2.05, 4.69) is 5.10 Å². The largest absolute Gasteiger partial charge is 0.451 e. The van der Waals surface area contributed by atoms with Crippen LogP contribution in [0.5, 0.6) is 0 Å². The van der Waals surface area contributed by atoms with Gasteiger partial charge in [-0.3, -0.25) is 9.59 Å². The Bertz CT molecular complexity index is 937. The van der Waals surface area contributed by atoms with Crippen LogP contribution in [0.25, 0.3) is 10.8 Å². The van der Waals surface area contributed by atoms with Gasteiger partial charge in [0.05, 0.1) is 5.39 Å². The molecular weight excluding hydrogens is 382 g/mol. The van der Waals surface area contributed by atoms with Gasteiger partial charge in [0.2, 0.25) is 0 Å². The maximum Gasteiger partial charge on any atom is 0.359 e. The normalized spacial score (nSPS) is 11.5. The monoisotopic (exact) mass is 415 g/mol. The number of benzene rings is 1. The van der Waals surface area contributed by atoms with E-state index >= 15 is 0 Å². The summed E-state index contributed by atoms with van der Waals surface area (Å²) in [6.45, 7) is 13.4. The molecule has 0 aliphatic heterocycles. The lowest BCUT2D eigenvalue weighted by Gasteiger charge is -2.26. The van der Waals surface area contributed by atoms with Crippen molar-refractivity contribution in [3.8, 4) is 0 Å². The van der Waals surface area contributed by atoms with Gasteiger partial charge in [0.1, 0.15) is 0 Å². The molecule has 0 bridgehead atoms. The van der Waals surface area contributed by atoms with E-state index in [4.69, 9.17) is 4.74 Å². The van der Waals surface area contributed by atoms with Crippen LogP contribution in [0.3, 0.4) is 0 Å². The molecular formula is C23H33N3O4. The van der Waals surface area contributed by atoms with Gasteiger partial charge in [0, 0.05) is 25.0 Å². The van der Waals surface area contributed by atoms with Crippen molar-refractivity contribution in [2.45, 2.75) is 48.1 Å². The molecule has 0 spiro atoms. The molecule has 1 aromatic carbocycles. The van der Waals surface area contributed by atoms with Crippen LogP contribution in [0.15, 0.2) is 29.1 Å². The molecule has 0 radical (unpaired) electrons. The molecule has 0 fully saturated rings. The Morgan fingerprint density at radius 2 is 1.53 bits per heavy atom. The van der Waals surface area contributed by atoms with Crippen molar-refractivity contribution < 1.29 is 14.3 Å². The Morgan fingerprint density at radius 3 is 2.07 bits per heavy atom. The Balaban J connectivity index is 2.26. The number of carbonyl (C=O) groups excluding carboxylic acids is 2. The van der Waals surface area contributed by atoms with Gasteiger partial charge in [-0.2, -0.15) is 5.10 Å². The smallest absolute Gasteiger partial charge is 0.359 e. The van der Waals surface area contributed by atoms with E-state index < -0.39 is 5.97 Å². The van der Waals surface area contributed by atoms with Crippen LogP contribution in [-0.4, -0.2) is 46.3 Å². The number of carbonyl (C=O) groups is 2. The van der Waals surface area contributed by atoms with Crippen LogP contribution < -0.4 is 5.56 Å². The van der Waals surface area contributed by atoms with E-state index in [0.29, 0.717) is 42.2 Å². The molecule has 2 aromatic rings. The van der Waals surface area contributed by atoms with Crippen LogP contribution in [0, 0.1) is 17.8 Å². The third-order valence-electron chi connectivity index (χ3n) is 4.45. The van der Waals surface area contributed by atoms with Crippen molar-refractivity contribution in [1.29, 1.82) is 0 Å². The van der Waals surface area contributed by atoms with E-state index in [1.807, 2.05) is 41.5 Å². The molecule has 1 aromatic heterocycles. The fourth-order valence-corrected chi connectivity index (χ4v) is 3.30. The zero-order valence-electron chi connectivity index (χ0n) is 18.8. The first-order valence-electron chi connectivity index (χ1n) is 10.5. The lowest BCUT2D eigenvalue weighted by molar-refractivity contribution is -0.135. The number of aromatic nitrogens is 2. The standard InChI is InChI=1S/C23H33N3O4/c1-15(2)11-25(12-16(3)4)20(27)14-30-23(29)21-18-9-7-8-10-19(18)22(28)26(24-21)13-17(5)6/h7-10,15-17H,11-14H2,1-6H3. The van der Waals surface area contributed by atoms with E-state index in [9.17, 15) is 14.4 Å². The van der Waals surface area contributed by atoms with Crippen LogP contribution in [-0.2, 0) is 16.1 Å². The summed E-state index contributed by atoms with van der Waals surface area (Å²) >= 11 is 0. The average Bonchev–Trinajstić information content (AvgIpc) is 2.66. The highest BCUT2D eigenvalue weighted by atomic mass is 16.5. The SMILES string of the molecule is CC(C)CN(CC(C)C)C(=O)COC(=O)c1nn(CC(C)C)c(=O)c2ccccc12. The number of esters is 1. The molecule has 2 rings (SSSR count). The average molecular weight is 416 g/mol. The minimum absolute atomic E-state index is 0.0536. The second-order valence-corrected chi connectivity index (χ2v) is 8.94. The molecule has 7 nitrogen and oxygen atoms in total. The predicted molar refractivity (Wildman–Crippen MR) is 117 cm³/mol. The van der Waals surface area contributed by atoms with Gasteiger partial charge in [0.15, 0.2) is 12.3 Å². The van der Waals surface area contributed by atoms with Crippen LogP contribution in [0.2, 0.25) is 0 Å². The Labute approximate surface area is 178 Å². The van der Waals surface area contributed by atoms with Crippen LogP contribution in [0.1, 0.15) is 52.0 Å². The van der Waals surface area contributed by atoms with Crippen molar-refractivity contribution in [2.75, 3.05) is 19.7 Å². The maximum absolute atomic E-state index is 12.8. The number of nitrogens with zero attached hydrogens (tertiary/aromatic N) is 3. The van der Waals surface area contributed by atoms with Gasteiger partial charge in [-0.1, -0.05) is 59.7 Å². The van der Waals surface area contributed by atoms with E-state index in [-0.39, 0.29) is 29.7 Å². The molecule has 0 aliphatic rings. The molecule has 1 heterocycles. The quantitative estimate of drug-likeness (QED) is 0.587. The predicted octanol–water partition coefficient (Wildman–Crippen LogP) is 3.35. The molecule has 0 atom stereocenters. The summed E-state index contributed by atoms with van der Waals surface area (Å²) < 4.78 is 6.63. The first-order chi connectivity index (χ1) is 14.1. The fourth-order valence-electron chi connectivity index (χ4n) is 3.30. The van der Waals surface area contributed by atoms with Crippen molar-refractivity contribution >= 4 is 22.6 Å². The van der Waals surface area contributed by atoms with Gasteiger partial charge in [-0.15, -0.1) is 0 Å². The second kappa shape index (κ2) is 10.4. The summed E-state index contributed by atoms with van der Waals surface area (Å²) in [5, 5.41) is 5.11. The zero-order valence-corrected chi connectivity index (χ0v) is 18.8. The number of hydrogen-bond donors (Lipinski definition) is 0. The number of amides is 1. The first-order valence-corrected chi connectivity index (χ1v) is 10.5.